The van der Waals surface area contributed by atoms with Gasteiger partial charge in [0.05, 0.1) is 0 Å². The van der Waals surface area contributed by atoms with E-state index in [9.17, 15) is 0 Å². The van der Waals surface area contributed by atoms with E-state index in [-0.39, 0.29) is 0 Å². The monoisotopic (exact) mass is 302 g/mol. The van der Waals surface area contributed by atoms with Gasteiger partial charge in [-0.25, -0.2) is 4.98 Å². The lowest BCUT2D eigenvalue weighted by molar-refractivity contribution is 0.788. The summed E-state index contributed by atoms with van der Waals surface area (Å²) in [5, 5.41) is 5.69. The number of hydrogen-bond donors (Lipinski definition) is 1. The number of pyridine rings is 1. The molecule has 2 aromatic rings. The molecule has 1 aromatic heterocycles. The SMILES string of the molecule is C#CCCCCNc1nccc2c(Br)cccc12. The highest BCUT2D eigenvalue weighted by Crippen LogP contribution is 2.27. The molecule has 0 fully saturated rings. The van der Waals surface area contributed by atoms with Crippen molar-refractivity contribution in [2.45, 2.75) is 19.3 Å². The van der Waals surface area contributed by atoms with Crippen LogP contribution in [0.4, 0.5) is 5.82 Å². The Morgan fingerprint density at radius 3 is 2.94 bits per heavy atom. The largest absolute Gasteiger partial charge is 0.370 e. The molecule has 0 spiro atoms. The Morgan fingerprint density at radius 1 is 1.22 bits per heavy atom. The summed E-state index contributed by atoms with van der Waals surface area (Å²) in [5.74, 6) is 3.59. The van der Waals surface area contributed by atoms with Crippen molar-refractivity contribution in [2.75, 3.05) is 11.9 Å². The van der Waals surface area contributed by atoms with Crippen molar-refractivity contribution in [2.24, 2.45) is 0 Å². The lowest BCUT2D eigenvalue weighted by Gasteiger charge is -2.09. The molecule has 0 saturated heterocycles. The first kappa shape index (κ1) is 12.9. The maximum atomic E-state index is 5.22. The van der Waals surface area contributed by atoms with Crippen LogP contribution < -0.4 is 5.32 Å². The molecule has 0 aliphatic heterocycles. The van der Waals surface area contributed by atoms with Crippen LogP contribution >= 0.6 is 15.9 Å². The molecular weight excluding hydrogens is 288 g/mol. The van der Waals surface area contributed by atoms with Crippen LogP contribution in [0.15, 0.2) is 34.9 Å². The van der Waals surface area contributed by atoms with E-state index in [2.05, 4.69) is 38.2 Å². The summed E-state index contributed by atoms with van der Waals surface area (Å²) in [7, 11) is 0. The average molecular weight is 303 g/mol. The zero-order valence-electron chi connectivity index (χ0n) is 10.1. The van der Waals surface area contributed by atoms with Crippen LogP contribution in [0.1, 0.15) is 19.3 Å². The molecule has 2 rings (SSSR count). The fourth-order valence-electron chi connectivity index (χ4n) is 1.87. The van der Waals surface area contributed by atoms with E-state index in [4.69, 9.17) is 6.42 Å². The van der Waals surface area contributed by atoms with Crippen LogP contribution in [-0.4, -0.2) is 11.5 Å². The number of benzene rings is 1. The third kappa shape index (κ3) is 3.02. The van der Waals surface area contributed by atoms with E-state index in [0.717, 1.165) is 41.5 Å². The Labute approximate surface area is 116 Å². The van der Waals surface area contributed by atoms with Crippen molar-refractivity contribution < 1.29 is 0 Å². The molecule has 92 valence electrons. The molecule has 0 aliphatic rings. The van der Waals surface area contributed by atoms with Gasteiger partial charge in [0.15, 0.2) is 0 Å². The number of aromatic nitrogens is 1. The fourth-order valence-corrected chi connectivity index (χ4v) is 2.37. The molecule has 1 heterocycles. The number of anilines is 1. The third-order valence-electron chi connectivity index (χ3n) is 2.79. The summed E-state index contributed by atoms with van der Waals surface area (Å²) in [6.45, 7) is 0.903. The minimum atomic E-state index is 0.843. The summed E-state index contributed by atoms with van der Waals surface area (Å²) in [6.07, 6.45) is 10.0. The number of halogens is 1. The Kier molecular flexibility index (Phi) is 4.60. The lowest BCUT2D eigenvalue weighted by atomic mass is 10.1. The number of hydrogen-bond acceptors (Lipinski definition) is 2. The summed E-state index contributed by atoms with van der Waals surface area (Å²) in [4.78, 5) is 4.39. The molecule has 1 aromatic carbocycles. The molecule has 0 unspecified atom stereocenters. The number of terminal acetylenes is 1. The number of nitrogens with one attached hydrogen (secondary N) is 1. The summed E-state index contributed by atoms with van der Waals surface area (Å²) >= 11 is 3.56. The van der Waals surface area contributed by atoms with E-state index >= 15 is 0 Å². The van der Waals surface area contributed by atoms with Gasteiger partial charge in [0.1, 0.15) is 5.82 Å². The molecule has 0 aliphatic carbocycles. The zero-order chi connectivity index (χ0) is 12.8. The van der Waals surface area contributed by atoms with Crippen LogP contribution in [0, 0.1) is 12.3 Å². The summed E-state index contributed by atoms with van der Waals surface area (Å²) in [6, 6.07) is 8.16. The highest BCUT2D eigenvalue weighted by atomic mass is 79.9. The van der Waals surface area contributed by atoms with Crippen LogP contribution in [0.25, 0.3) is 10.8 Å². The van der Waals surface area contributed by atoms with Gasteiger partial charge >= 0.3 is 0 Å². The molecular formula is C15H15BrN2. The van der Waals surface area contributed by atoms with Gasteiger partial charge in [-0.3, -0.25) is 0 Å². The van der Waals surface area contributed by atoms with Gasteiger partial charge in [-0.1, -0.05) is 28.1 Å². The van der Waals surface area contributed by atoms with E-state index in [1.807, 2.05) is 24.4 Å². The molecule has 0 atom stereocenters. The smallest absolute Gasteiger partial charge is 0.133 e. The first-order valence-electron chi connectivity index (χ1n) is 6.03. The third-order valence-corrected chi connectivity index (χ3v) is 3.48. The van der Waals surface area contributed by atoms with Gasteiger partial charge < -0.3 is 5.32 Å². The summed E-state index contributed by atoms with van der Waals surface area (Å²) in [5.41, 5.74) is 0. The van der Waals surface area contributed by atoms with Gasteiger partial charge in [0.25, 0.3) is 0 Å². The van der Waals surface area contributed by atoms with Crippen molar-refractivity contribution in [3.05, 3.63) is 34.9 Å². The van der Waals surface area contributed by atoms with Gasteiger partial charge in [0, 0.05) is 34.4 Å². The lowest BCUT2D eigenvalue weighted by Crippen LogP contribution is -2.03. The fraction of sp³-hybridized carbons (Fsp3) is 0.267. The van der Waals surface area contributed by atoms with E-state index in [0.29, 0.717) is 0 Å². The minimum absolute atomic E-state index is 0.843. The van der Waals surface area contributed by atoms with Crippen molar-refractivity contribution in [3.8, 4) is 12.3 Å². The molecule has 0 amide bonds. The molecule has 3 heteroatoms. The average Bonchev–Trinajstić information content (AvgIpc) is 2.39. The normalized spacial score (nSPS) is 10.2. The highest BCUT2D eigenvalue weighted by Gasteiger charge is 2.03. The molecule has 2 nitrogen and oxygen atoms in total. The van der Waals surface area contributed by atoms with Crippen molar-refractivity contribution in [3.63, 3.8) is 0 Å². The number of rotatable bonds is 5. The maximum Gasteiger partial charge on any atom is 0.133 e. The van der Waals surface area contributed by atoms with Crippen molar-refractivity contribution in [1.29, 1.82) is 0 Å². The van der Waals surface area contributed by atoms with E-state index in [1.165, 1.54) is 5.39 Å². The second-order valence-electron chi connectivity index (χ2n) is 4.08. The van der Waals surface area contributed by atoms with Crippen molar-refractivity contribution >= 4 is 32.5 Å². The van der Waals surface area contributed by atoms with Crippen LogP contribution in [0.3, 0.4) is 0 Å². The zero-order valence-corrected chi connectivity index (χ0v) is 11.7. The van der Waals surface area contributed by atoms with Crippen LogP contribution in [0.2, 0.25) is 0 Å². The topological polar surface area (TPSA) is 24.9 Å². The first-order valence-corrected chi connectivity index (χ1v) is 6.83. The predicted molar refractivity (Wildman–Crippen MR) is 80.6 cm³/mol. The Bertz CT molecular complexity index is 572. The molecule has 18 heavy (non-hydrogen) atoms. The Balaban J connectivity index is 2.09. The standard InChI is InChI=1S/C15H15BrN2/c1-2-3-4-5-10-17-15-13-7-6-8-14(16)12(13)9-11-18-15/h1,6-9,11H,3-5,10H2,(H,17,18). The molecule has 1 N–H and O–H groups in total. The van der Waals surface area contributed by atoms with E-state index in [1.54, 1.807) is 0 Å². The summed E-state index contributed by atoms with van der Waals surface area (Å²) < 4.78 is 1.10. The first-order chi connectivity index (χ1) is 8.83. The van der Waals surface area contributed by atoms with Crippen LogP contribution in [0.5, 0.6) is 0 Å². The van der Waals surface area contributed by atoms with Gasteiger partial charge in [0.2, 0.25) is 0 Å². The number of nitrogens with zero attached hydrogens (tertiary/aromatic N) is 1. The molecule has 0 bridgehead atoms. The Hall–Kier alpha value is -1.53. The number of unbranched alkanes of at least 4 members (excludes halogenated alkanes) is 2. The Morgan fingerprint density at radius 2 is 2.11 bits per heavy atom. The van der Waals surface area contributed by atoms with Gasteiger partial charge in [-0.05, 0) is 25.0 Å². The predicted octanol–water partition coefficient (Wildman–Crippen LogP) is 4.21. The quantitative estimate of drug-likeness (QED) is 0.661. The second-order valence-corrected chi connectivity index (χ2v) is 4.94. The second kappa shape index (κ2) is 6.42. The minimum Gasteiger partial charge on any atom is -0.370 e. The highest BCUT2D eigenvalue weighted by molar-refractivity contribution is 9.10. The molecule has 0 saturated carbocycles. The van der Waals surface area contributed by atoms with Crippen LogP contribution in [-0.2, 0) is 0 Å². The molecule has 0 radical (unpaired) electrons. The van der Waals surface area contributed by atoms with Crippen molar-refractivity contribution in [1.82, 2.24) is 4.98 Å². The maximum absolute atomic E-state index is 5.22. The van der Waals surface area contributed by atoms with Gasteiger partial charge in [-0.15, -0.1) is 12.3 Å². The van der Waals surface area contributed by atoms with Gasteiger partial charge in [-0.2, -0.15) is 0 Å². The van der Waals surface area contributed by atoms with E-state index < -0.39 is 0 Å². The number of fused-ring (bicyclic) bond motifs is 1.